The molecule has 5 rings (SSSR count). The zero-order valence-corrected chi connectivity index (χ0v) is 36.1. The van der Waals surface area contributed by atoms with Crippen molar-refractivity contribution in [1.29, 1.82) is 5.26 Å². The molecule has 4 aromatic rings. The minimum absolute atomic E-state index is 0.00900. The van der Waals surface area contributed by atoms with E-state index in [1.54, 1.807) is 66.7 Å². The van der Waals surface area contributed by atoms with E-state index >= 15 is 0 Å². The van der Waals surface area contributed by atoms with Gasteiger partial charge in [0.25, 0.3) is 5.91 Å². The van der Waals surface area contributed by atoms with Gasteiger partial charge in [-0.15, -0.1) is 0 Å². The van der Waals surface area contributed by atoms with Crippen molar-refractivity contribution in [2.24, 2.45) is 17.2 Å². The van der Waals surface area contributed by atoms with E-state index in [1.165, 1.54) is 18.9 Å². The van der Waals surface area contributed by atoms with Gasteiger partial charge in [0, 0.05) is 48.3 Å². The number of likely N-dealkylation sites (N-methyl/N-ethyl adjacent to an activating group) is 1. The summed E-state index contributed by atoms with van der Waals surface area (Å²) < 4.78 is 12.2. The van der Waals surface area contributed by atoms with E-state index in [0.29, 0.717) is 63.7 Å². The fourth-order valence-corrected chi connectivity index (χ4v) is 7.31. The highest BCUT2D eigenvalue weighted by molar-refractivity contribution is 6.30. The van der Waals surface area contributed by atoms with Crippen molar-refractivity contribution >= 4 is 41.1 Å². The molecular weight excluding hydrogens is 826 g/mol. The topological polar surface area (TPSA) is 257 Å². The van der Waals surface area contributed by atoms with Crippen LogP contribution in [-0.2, 0) is 25.6 Å². The molecule has 4 aromatic carbocycles. The highest BCUT2D eigenvalue weighted by atomic mass is 35.5. The Hall–Kier alpha value is -6.51. The van der Waals surface area contributed by atoms with Crippen molar-refractivity contribution in [1.82, 2.24) is 26.2 Å². The molecule has 0 fully saturated rings. The second kappa shape index (κ2) is 23.1. The summed E-state index contributed by atoms with van der Waals surface area (Å²) in [6.07, 6.45) is 1.28. The summed E-state index contributed by atoms with van der Waals surface area (Å²) in [5, 5.41) is 20.6. The molecule has 4 bridgehead atoms. The summed E-state index contributed by atoms with van der Waals surface area (Å²) >= 11 is 6.10. The first-order chi connectivity index (χ1) is 30.4. The molecule has 17 heteroatoms. The highest BCUT2D eigenvalue weighted by Crippen LogP contribution is 2.40. The van der Waals surface area contributed by atoms with Gasteiger partial charge in [0.1, 0.15) is 55.4 Å². The van der Waals surface area contributed by atoms with Gasteiger partial charge < -0.3 is 52.8 Å². The maximum absolute atomic E-state index is 14.8. The van der Waals surface area contributed by atoms with E-state index in [1.807, 2.05) is 24.3 Å². The number of ether oxygens (including phenoxy) is 2. The predicted octanol–water partition coefficient (Wildman–Crippen LogP) is 2.96. The number of hydrogen-bond donors (Lipinski definition) is 7. The number of benzene rings is 4. The van der Waals surface area contributed by atoms with Crippen LogP contribution in [0.5, 0.6) is 11.5 Å². The number of amides is 5. The van der Waals surface area contributed by atoms with E-state index < -0.39 is 53.7 Å². The Labute approximate surface area is 371 Å². The Morgan fingerprint density at radius 1 is 0.857 bits per heavy atom. The average Bonchev–Trinajstić information content (AvgIpc) is 3.28. The van der Waals surface area contributed by atoms with Crippen LogP contribution in [-0.4, -0.2) is 99.0 Å². The third-order valence-corrected chi connectivity index (χ3v) is 10.7. The van der Waals surface area contributed by atoms with Crippen LogP contribution in [0.4, 0.5) is 0 Å². The van der Waals surface area contributed by atoms with Crippen molar-refractivity contribution < 1.29 is 33.4 Å². The van der Waals surface area contributed by atoms with Gasteiger partial charge in [0.2, 0.25) is 23.6 Å². The molecule has 0 radical (unpaired) electrons. The first-order valence-corrected chi connectivity index (χ1v) is 21.1. The molecule has 0 aromatic heterocycles. The lowest BCUT2D eigenvalue weighted by molar-refractivity contribution is -0.141. The van der Waals surface area contributed by atoms with Crippen LogP contribution < -0.4 is 47.9 Å². The number of nitriles is 1. The Bertz CT molecular complexity index is 2300. The van der Waals surface area contributed by atoms with Crippen LogP contribution in [0.1, 0.15) is 53.7 Å². The van der Waals surface area contributed by atoms with Crippen LogP contribution in [0, 0.1) is 11.3 Å². The molecule has 1 heterocycles. The zero-order chi connectivity index (χ0) is 45.5. The van der Waals surface area contributed by atoms with Crippen molar-refractivity contribution in [2.75, 3.05) is 46.4 Å². The first-order valence-electron chi connectivity index (χ1n) is 20.7. The summed E-state index contributed by atoms with van der Waals surface area (Å²) in [5.41, 5.74) is 21.4. The lowest BCUT2D eigenvalue weighted by Crippen LogP contribution is -2.56. The number of nitrogens with two attached hydrogens (primary N) is 3. The van der Waals surface area contributed by atoms with Crippen LogP contribution in [0.15, 0.2) is 84.9 Å². The van der Waals surface area contributed by atoms with Crippen LogP contribution >= 0.6 is 11.6 Å². The van der Waals surface area contributed by atoms with Crippen molar-refractivity contribution in [3.05, 3.63) is 107 Å². The number of hydrogen-bond acceptors (Lipinski definition) is 11. The standard InChI is InChI=1S/C46H54ClN9O7/c1-28-42(57)55-38(44(59)52-21-18-49)25-29-9-15-39(62-22-19-50)35(24-29)36-27-32(12-16-40(36)63-23-20-51)41(45(60)53-28)56(2)46(61)37(8-3-4-17-48)54-43(58)33-7-5-6-31(26-33)30-10-13-34(47)14-11-30/h5-7,9-16,24,26-28,37-38,41H,3-4,8,17,19-23,25,48,50-51H2,1-2H3,(H,52,59)(H,53,60)(H,54,58)(H,55,57)/t28-,37-,38-,41-/m0/s1. The summed E-state index contributed by atoms with van der Waals surface area (Å²) in [5.74, 6) is -2.33. The number of nitrogens with zero attached hydrogens (tertiary/aromatic N) is 2. The third-order valence-electron chi connectivity index (χ3n) is 10.4. The lowest BCUT2D eigenvalue weighted by Gasteiger charge is -2.33. The van der Waals surface area contributed by atoms with E-state index in [9.17, 15) is 24.0 Å². The van der Waals surface area contributed by atoms with Crippen LogP contribution in [0.2, 0.25) is 5.02 Å². The molecule has 63 heavy (non-hydrogen) atoms. The van der Waals surface area contributed by atoms with Gasteiger partial charge in [-0.2, -0.15) is 5.26 Å². The smallest absolute Gasteiger partial charge is 0.251 e. The van der Waals surface area contributed by atoms with E-state index in [4.69, 9.17) is 43.5 Å². The summed E-state index contributed by atoms with van der Waals surface area (Å²) in [4.78, 5) is 71.6. The largest absolute Gasteiger partial charge is 0.492 e. The number of carbonyl (C=O) groups is 5. The van der Waals surface area contributed by atoms with Crippen molar-refractivity contribution in [2.45, 2.75) is 56.8 Å². The van der Waals surface area contributed by atoms with E-state index in [2.05, 4.69) is 21.3 Å². The van der Waals surface area contributed by atoms with Crippen LogP contribution in [0.3, 0.4) is 0 Å². The Morgan fingerprint density at radius 2 is 1.54 bits per heavy atom. The number of unbranched alkanes of at least 4 members (excludes halogenated alkanes) is 1. The second-order valence-electron chi connectivity index (χ2n) is 15.0. The molecule has 0 aliphatic carbocycles. The molecule has 0 unspecified atom stereocenters. The maximum atomic E-state index is 14.8. The fraction of sp³-hybridized carbons (Fsp3) is 0.348. The maximum Gasteiger partial charge on any atom is 0.251 e. The molecule has 16 nitrogen and oxygen atoms in total. The SMILES string of the molecule is C[C@@H]1NC(=O)[C@@H](N(C)C(=O)[C@H](CCCCN)NC(=O)c2cccc(-c3ccc(Cl)cc3)c2)c2ccc(OCCN)c(c2)-c2cc(ccc2OCCN)C[C@@H](C(=O)NCC#N)NC1=O. The number of rotatable bonds is 17. The van der Waals surface area contributed by atoms with Crippen molar-refractivity contribution in [3.63, 3.8) is 0 Å². The molecule has 1 aliphatic rings. The zero-order valence-electron chi connectivity index (χ0n) is 35.3. The lowest BCUT2D eigenvalue weighted by atomic mass is 9.93. The normalized spacial score (nSPS) is 16.6. The Balaban J connectivity index is 1.60. The first kappa shape index (κ1) is 47.5. The number of carbonyl (C=O) groups excluding carboxylic acids is 5. The molecule has 0 saturated carbocycles. The van der Waals surface area contributed by atoms with E-state index in [-0.39, 0.29) is 45.7 Å². The van der Waals surface area contributed by atoms with Gasteiger partial charge in [-0.1, -0.05) is 48.0 Å². The fourth-order valence-electron chi connectivity index (χ4n) is 7.18. The summed E-state index contributed by atoms with van der Waals surface area (Å²) in [7, 11) is 1.45. The molecule has 4 atom stereocenters. The summed E-state index contributed by atoms with van der Waals surface area (Å²) in [6, 6.07) is 21.4. The third kappa shape index (κ3) is 12.5. The van der Waals surface area contributed by atoms with E-state index in [0.717, 1.165) is 11.1 Å². The number of halogens is 1. The molecular formula is C46H54ClN9O7. The Morgan fingerprint density at radius 3 is 2.21 bits per heavy atom. The van der Waals surface area contributed by atoms with Gasteiger partial charge in [-0.3, -0.25) is 24.0 Å². The molecule has 1 aliphatic heterocycles. The molecule has 5 amide bonds. The second-order valence-corrected chi connectivity index (χ2v) is 15.4. The van der Waals surface area contributed by atoms with Gasteiger partial charge in [0.15, 0.2) is 0 Å². The van der Waals surface area contributed by atoms with Gasteiger partial charge in [0.05, 0.1) is 6.07 Å². The summed E-state index contributed by atoms with van der Waals surface area (Å²) in [6.45, 7) is 2.21. The number of nitrogens with one attached hydrogen (secondary N) is 4. The van der Waals surface area contributed by atoms with Gasteiger partial charge in [-0.25, -0.2) is 0 Å². The molecule has 0 spiro atoms. The molecule has 10 N–H and O–H groups in total. The quantitative estimate of drug-likeness (QED) is 0.0600. The van der Waals surface area contributed by atoms with Gasteiger partial charge in [-0.05, 0) is 104 Å². The Kier molecular flexibility index (Phi) is 17.4. The monoisotopic (exact) mass is 879 g/mol. The highest BCUT2D eigenvalue weighted by Gasteiger charge is 2.36. The van der Waals surface area contributed by atoms with Crippen molar-refractivity contribution in [3.8, 4) is 39.8 Å². The number of fused-ring (bicyclic) bond motifs is 5. The predicted molar refractivity (Wildman–Crippen MR) is 239 cm³/mol. The van der Waals surface area contributed by atoms with Crippen LogP contribution in [0.25, 0.3) is 22.3 Å². The molecule has 332 valence electrons. The van der Waals surface area contributed by atoms with Gasteiger partial charge >= 0.3 is 0 Å². The average molecular weight is 880 g/mol. The minimum atomic E-state index is -1.37. The minimum Gasteiger partial charge on any atom is -0.492 e. The molecule has 0 saturated heterocycles.